The molecule has 0 heterocycles. The summed E-state index contributed by atoms with van der Waals surface area (Å²) < 4.78 is 0.783. The van der Waals surface area contributed by atoms with Gasteiger partial charge < -0.3 is 0 Å². The molecule has 128 valence electrons. The molecule has 3 rings (SSSR count). The highest BCUT2D eigenvalue weighted by atomic mass is 79.9. The Kier molecular flexibility index (Phi) is 5.34. The quantitative estimate of drug-likeness (QED) is 0.247. The molecule has 0 atom stereocenters. The number of non-ortho nitro benzene ring substituents is 1. The minimum atomic E-state index is -0.452. The maximum absolute atomic E-state index is 12.8. The Hall–Kier alpha value is -3.12. The van der Waals surface area contributed by atoms with Crippen LogP contribution in [0.25, 0.3) is 0 Å². The molecule has 0 aromatic heterocycles. The minimum Gasteiger partial charge on any atom is -0.289 e. The topological polar surface area (TPSA) is 72.6 Å². The molecule has 3 aromatic rings. The number of ketones is 1. The Morgan fingerprint density at radius 3 is 2.35 bits per heavy atom. The van der Waals surface area contributed by atoms with Gasteiger partial charge in [0.15, 0.2) is 5.78 Å². The molecule has 0 aliphatic carbocycles. The molecular weight excluding hydrogens is 396 g/mol. The van der Waals surface area contributed by atoms with Crippen LogP contribution in [0.4, 0.5) is 11.4 Å². The molecule has 0 fully saturated rings. The number of carbonyl (C=O) groups excluding carboxylic acids is 1. The van der Waals surface area contributed by atoms with E-state index < -0.39 is 4.92 Å². The Morgan fingerprint density at radius 2 is 1.69 bits per heavy atom. The Morgan fingerprint density at radius 1 is 1.00 bits per heavy atom. The molecule has 0 unspecified atom stereocenters. The zero-order valence-corrected chi connectivity index (χ0v) is 15.1. The molecule has 26 heavy (non-hydrogen) atoms. The number of rotatable bonds is 5. The summed E-state index contributed by atoms with van der Waals surface area (Å²) in [6.07, 6.45) is 1.58. The van der Waals surface area contributed by atoms with Crippen molar-refractivity contribution < 1.29 is 9.72 Å². The number of carbonyl (C=O) groups is 1. The fraction of sp³-hybridized carbons (Fsp3) is 0. The van der Waals surface area contributed by atoms with E-state index in [1.165, 1.54) is 12.1 Å². The van der Waals surface area contributed by atoms with Gasteiger partial charge in [0.25, 0.3) is 5.69 Å². The van der Waals surface area contributed by atoms with E-state index in [4.69, 9.17) is 0 Å². The number of nitro benzene ring substituents is 1. The number of nitrogens with zero attached hydrogens (tertiary/aromatic N) is 2. The third-order valence-corrected chi connectivity index (χ3v) is 4.19. The van der Waals surface area contributed by atoms with Crippen LogP contribution in [0.5, 0.6) is 0 Å². The lowest BCUT2D eigenvalue weighted by Crippen LogP contribution is -2.01. The number of aliphatic imine (C=N–C) groups is 1. The largest absolute Gasteiger partial charge is 0.289 e. The van der Waals surface area contributed by atoms with E-state index in [-0.39, 0.29) is 11.5 Å². The Balaban J connectivity index is 1.93. The van der Waals surface area contributed by atoms with E-state index >= 15 is 0 Å². The van der Waals surface area contributed by atoms with Gasteiger partial charge in [-0.25, -0.2) is 0 Å². The van der Waals surface area contributed by atoms with Crippen LogP contribution < -0.4 is 0 Å². The van der Waals surface area contributed by atoms with Crippen LogP contribution in [0, 0.1) is 10.1 Å². The molecule has 0 N–H and O–H groups in total. The van der Waals surface area contributed by atoms with E-state index in [2.05, 4.69) is 20.9 Å². The van der Waals surface area contributed by atoms with Crippen molar-refractivity contribution in [2.24, 2.45) is 4.99 Å². The van der Waals surface area contributed by atoms with Gasteiger partial charge in [0.05, 0.1) is 10.6 Å². The number of hydrogen-bond acceptors (Lipinski definition) is 4. The number of benzene rings is 3. The highest BCUT2D eigenvalue weighted by Gasteiger charge is 2.13. The van der Waals surface area contributed by atoms with Gasteiger partial charge in [-0.1, -0.05) is 46.3 Å². The molecule has 0 radical (unpaired) electrons. The van der Waals surface area contributed by atoms with Crippen LogP contribution in [-0.2, 0) is 0 Å². The lowest BCUT2D eigenvalue weighted by molar-refractivity contribution is -0.384. The molecule has 3 aromatic carbocycles. The van der Waals surface area contributed by atoms with Crippen LogP contribution in [0.2, 0.25) is 0 Å². The summed E-state index contributed by atoms with van der Waals surface area (Å²) in [5.74, 6) is -0.122. The highest BCUT2D eigenvalue weighted by Crippen LogP contribution is 2.26. The Bertz CT molecular complexity index is 984. The van der Waals surface area contributed by atoms with Crippen LogP contribution in [0.1, 0.15) is 21.5 Å². The molecule has 0 spiro atoms. The number of hydrogen-bond donors (Lipinski definition) is 0. The van der Waals surface area contributed by atoms with E-state index in [0.717, 1.165) is 4.47 Å². The van der Waals surface area contributed by atoms with E-state index in [1.54, 1.807) is 42.6 Å². The fourth-order valence-electron chi connectivity index (χ4n) is 2.37. The first kappa shape index (κ1) is 17.7. The molecule has 0 saturated carbocycles. The van der Waals surface area contributed by atoms with Crippen molar-refractivity contribution >= 4 is 39.3 Å². The lowest BCUT2D eigenvalue weighted by atomic mass is 10.0. The van der Waals surface area contributed by atoms with Gasteiger partial charge in [0, 0.05) is 33.9 Å². The van der Waals surface area contributed by atoms with Gasteiger partial charge in [-0.3, -0.25) is 19.9 Å². The van der Waals surface area contributed by atoms with Crippen LogP contribution in [0.3, 0.4) is 0 Å². The predicted molar refractivity (Wildman–Crippen MR) is 104 cm³/mol. The van der Waals surface area contributed by atoms with Gasteiger partial charge in [0.1, 0.15) is 0 Å². The minimum absolute atomic E-state index is 0.0192. The summed E-state index contributed by atoms with van der Waals surface area (Å²) in [5, 5.41) is 10.7. The predicted octanol–water partition coefficient (Wildman–Crippen LogP) is 5.34. The van der Waals surface area contributed by atoms with Crippen molar-refractivity contribution in [3.63, 3.8) is 0 Å². The van der Waals surface area contributed by atoms with Gasteiger partial charge in [-0.05, 0) is 35.9 Å². The van der Waals surface area contributed by atoms with Crippen LogP contribution in [0.15, 0.2) is 82.3 Å². The normalized spacial score (nSPS) is 10.8. The smallest absolute Gasteiger partial charge is 0.269 e. The molecule has 0 aliphatic rings. The second kappa shape index (κ2) is 7.84. The summed E-state index contributed by atoms with van der Waals surface area (Å²) in [6.45, 7) is 0. The zero-order valence-electron chi connectivity index (χ0n) is 13.5. The standard InChI is InChI=1S/C20H13BrN2O3/c21-16-8-11-19(18(12-16)20(24)15-4-2-1-3-5-15)22-13-14-6-9-17(10-7-14)23(25)26/h1-13H. The number of halogens is 1. The van der Waals surface area contributed by atoms with Gasteiger partial charge in [0.2, 0.25) is 0 Å². The number of nitro groups is 1. The first-order valence-electron chi connectivity index (χ1n) is 7.72. The monoisotopic (exact) mass is 408 g/mol. The van der Waals surface area contributed by atoms with Crippen molar-refractivity contribution in [3.05, 3.63) is 104 Å². The summed E-state index contributed by atoms with van der Waals surface area (Å²) >= 11 is 3.39. The van der Waals surface area contributed by atoms with Crippen molar-refractivity contribution in [2.75, 3.05) is 0 Å². The molecule has 6 heteroatoms. The molecule has 0 saturated heterocycles. The second-order valence-electron chi connectivity index (χ2n) is 5.46. The summed E-state index contributed by atoms with van der Waals surface area (Å²) in [7, 11) is 0. The first-order valence-corrected chi connectivity index (χ1v) is 8.52. The Labute approximate surface area is 158 Å². The SMILES string of the molecule is O=C(c1ccccc1)c1cc(Br)ccc1N=Cc1ccc([N+](=O)[O-])cc1. The van der Waals surface area contributed by atoms with Crippen molar-refractivity contribution in [1.29, 1.82) is 0 Å². The van der Waals surface area contributed by atoms with Gasteiger partial charge in [-0.2, -0.15) is 0 Å². The third kappa shape index (κ3) is 4.10. The average Bonchev–Trinajstić information content (AvgIpc) is 2.67. The van der Waals surface area contributed by atoms with Crippen molar-refractivity contribution in [2.45, 2.75) is 0 Å². The molecule has 0 aliphatic heterocycles. The van der Waals surface area contributed by atoms with E-state index in [9.17, 15) is 14.9 Å². The van der Waals surface area contributed by atoms with Crippen LogP contribution >= 0.6 is 15.9 Å². The van der Waals surface area contributed by atoms with Crippen molar-refractivity contribution in [1.82, 2.24) is 0 Å². The molecule has 0 amide bonds. The van der Waals surface area contributed by atoms with E-state index in [0.29, 0.717) is 22.4 Å². The first-order chi connectivity index (χ1) is 12.5. The van der Waals surface area contributed by atoms with Crippen molar-refractivity contribution in [3.8, 4) is 0 Å². The molecule has 5 nitrogen and oxygen atoms in total. The maximum atomic E-state index is 12.8. The summed E-state index contributed by atoms with van der Waals surface area (Å²) in [5.41, 5.74) is 2.31. The maximum Gasteiger partial charge on any atom is 0.269 e. The highest BCUT2D eigenvalue weighted by molar-refractivity contribution is 9.10. The summed E-state index contributed by atoms with van der Waals surface area (Å²) in [4.78, 5) is 27.4. The van der Waals surface area contributed by atoms with Crippen LogP contribution in [-0.4, -0.2) is 16.9 Å². The lowest BCUT2D eigenvalue weighted by Gasteiger charge is -2.06. The molecular formula is C20H13BrN2O3. The second-order valence-corrected chi connectivity index (χ2v) is 6.38. The zero-order chi connectivity index (χ0) is 18.5. The van der Waals surface area contributed by atoms with Gasteiger partial charge in [-0.15, -0.1) is 0 Å². The molecule has 0 bridgehead atoms. The fourth-order valence-corrected chi connectivity index (χ4v) is 2.74. The average molecular weight is 409 g/mol. The van der Waals surface area contributed by atoms with E-state index in [1.807, 2.05) is 24.3 Å². The van der Waals surface area contributed by atoms with Gasteiger partial charge >= 0.3 is 0 Å². The summed E-state index contributed by atoms with van der Waals surface area (Å²) in [6, 6.07) is 20.3. The third-order valence-electron chi connectivity index (χ3n) is 3.70.